The highest BCUT2D eigenvalue weighted by molar-refractivity contribution is 9.10. The standard InChI is InChI=1S/C15H14BrFN2O/c16-14-8-11-9-19(6-5-13(11)18-14)15(20)7-10-1-3-12(17)4-2-10/h1-4,8,18H,5-7,9H2. The van der Waals surface area contributed by atoms with E-state index in [1.54, 1.807) is 12.1 Å². The zero-order valence-corrected chi connectivity index (χ0v) is 12.4. The first-order valence-corrected chi connectivity index (χ1v) is 7.29. The van der Waals surface area contributed by atoms with Crippen LogP contribution in [-0.4, -0.2) is 22.3 Å². The Bertz CT molecular complexity index is 636. The average molecular weight is 337 g/mol. The molecule has 2 heterocycles. The Hall–Kier alpha value is -1.62. The smallest absolute Gasteiger partial charge is 0.227 e. The third-order valence-electron chi connectivity index (χ3n) is 3.57. The van der Waals surface area contributed by atoms with Crippen LogP contribution >= 0.6 is 15.9 Å². The van der Waals surface area contributed by atoms with Gasteiger partial charge in [0.25, 0.3) is 0 Å². The maximum atomic E-state index is 12.8. The van der Waals surface area contributed by atoms with Crippen LogP contribution < -0.4 is 0 Å². The quantitative estimate of drug-likeness (QED) is 0.898. The number of hydrogen-bond acceptors (Lipinski definition) is 1. The van der Waals surface area contributed by atoms with Crippen LogP contribution in [0.1, 0.15) is 16.8 Å². The molecule has 20 heavy (non-hydrogen) atoms. The van der Waals surface area contributed by atoms with Crippen molar-refractivity contribution in [1.82, 2.24) is 9.88 Å². The maximum absolute atomic E-state index is 12.8. The van der Waals surface area contributed by atoms with Gasteiger partial charge in [0.1, 0.15) is 5.82 Å². The molecule has 2 aromatic rings. The van der Waals surface area contributed by atoms with Crippen molar-refractivity contribution in [2.45, 2.75) is 19.4 Å². The molecule has 1 aromatic carbocycles. The highest BCUT2D eigenvalue weighted by Crippen LogP contribution is 2.23. The minimum atomic E-state index is -0.277. The second-order valence-corrected chi connectivity index (χ2v) is 5.84. The number of rotatable bonds is 2. The molecule has 0 unspecified atom stereocenters. The van der Waals surface area contributed by atoms with Gasteiger partial charge in [-0.05, 0) is 45.3 Å². The molecule has 1 N–H and O–H groups in total. The molecule has 1 aromatic heterocycles. The molecule has 5 heteroatoms. The predicted molar refractivity (Wildman–Crippen MR) is 77.7 cm³/mol. The fourth-order valence-electron chi connectivity index (χ4n) is 2.50. The van der Waals surface area contributed by atoms with Crippen molar-refractivity contribution in [2.24, 2.45) is 0 Å². The monoisotopic (exact) mass is 336 g/mol. The topological polar surface area (TPSA) is 36.1 Å². The number of halogens is 2. The molecule has 0 aliphatic carbocycles. The zero-order valence-electron chi connectivity index (χ0n) is 10.8. The minimum Gasteiger partial charge on any atom is -0.353 e. The molecule has 0 atom stereocenters. The van der Waals surface area contributed by atoms with Crippen LogP contribution in [0, 0.1) is 5.82 Å². The van der Waals surface area contributed by atoms with E-state index in [1.807, 2.05) is 11.0 Å². The zero-order chi connectivity index (χ0) is 14.1. The van der Waals surface area contributed by atoms with Crippen LogP contribution in [0.2, 0.25) is 0 Å². The first-order valence-electron chi connectivity index (χ1n) is 6.50. The minimum absolute atomic E-state index is 0.0829. The van der Waals surface area contributed by atoms with Crippen molar-refractivity contribution in [1.29, 1.82) is 0 Å². The Morgan fingerprint density at radius 2 is 2.10 bits per heavy atom. The Morgan fingerprint density at radius 3 is 2.85 bits per heavy atom. The number of amides is 1. The highest BCUT2D eigenvalue weighted by Gasteiger charge is 2.22. The fourth-order valence-corrected chi connectivity index (χ4v) is 3.01. The normalized spacial score (nSPS) is 14.2. The van der Waals surface area contributed by atoms with Gasteiger partial charge in [-0.15, -0.1) is 0 Å². The third kappa shape index (κ3) is 2.77. The largest absolute Gasteiger partial charge is 0.353 e. The van der Waals surface area contributed by atoms with E-state index in [0.717, 1.165) is 28.7 Å². The van der Waals surface area contributed by atoms with Gasteiger partial charge < -0.3 is 9.88 Å². The number of nitrogens with one attached hydrogen (secondary N) is 1. The summed E-state index contributed by atoms with van der Waals surface area (Å²) in [5, 5.41) is 0. The van der Waals surface area contributed by atoms with Crippen molar-refractivity contribution in [3.8, 4) is 0 Å². The van der Waals surface area contributed by atoms with Crippen molar-refractivity contribution in [3.05, 3.63) is 57.6 Å². The van der Waals surface area contributed by atoms with Gasteiger partial charge >= 0.3 is 0 Å². The number of aromatic nitrogens is 1. The van der Waals surface area contributed by atoms with Crippen molar-refractivity contribution in [2.75, 3.05) is 6.54 Å². The number of hydrogen-bond donors (Lipinski definition) is 1. The van der Waals surface area contributed by atoms with Crippen LogP contribution in [0.5, 0.6) is 0 Å². The van der Waals surface area contributed by atoms with Gasteiger partial charge in [-0.1, -0.05) is 12.1 Å². The van der Waals surface area contributed by atoms with Crippen LogP contribution in [0.4, 0.5) is 4.39 Å². The lowest BCUT2D eigenvalue weighted by Gasteiger charge is -2.27. The van der Waals surface area contributed by atoms with Gasteiger partial charge in [-0.2, -0.15) is 0 Å². The molecule has 3 rings (SSSR count). The number of aromatic amines is 1. The van der Waals surface area contributed by atoms with Crippen LogP contribution in [0.25, 0.3) is 0 Å². The summed E-state index contributed by atoms with van der Waals surface area (Å²) in [6.07, 6.45) is 1.16. The van der Waals surface area contributed by atoms with E-state index in [0.29, 0.717) is 13.0 Å². The van der Waals surface area contributed by atoms with Crippen LogP contribution in [0.15, 0.2) is 34.9 Å². The van der Waals surface area contributed by atoms with Gasteiger partial charge in [-0.25, -0.2) is 4.39 Å². The van der Waals surface area contributed by atoms with E-state index in [2.05, 4.69) is 20.9 Å². The Morgan fingerprint density at radius 1 is 1.35 bits per heavy atom. The molecular weight excluding hydrogens is 323 g/mol. The Kier molecular flexibility index (Phi) is 3.61. The SMILES string of the molecule is O=C(Cc1ccc(F)cc1)N1CCc2[nH]c(Br)cc2C1. The van der Waals surface area contributed by atoms with Crippen molar-refractivity contribution < 1.29 is 9.18 Å². The second kappa shape index (κ2) is 5.40. The van der Waals surface area contributed by atoms with Crippen molar-refractivity contribution >= 4 is 21.8 Å². The third-order valence-corrected chi connectivity index (χ3v) is 4.00. The molecule has 104 valence electrons. The summed E-state index contributed by atoms with van der Waals surface area (Å²) in [4.78, 5) is 17.4. The molecule has 0 bridgehead atoms. The summed E-state index contributed by atoms with van der Waals surface area (Å²) in [5.74, 6) is -0.194. The summed E-state index contributed by atoms with van der Waals surface area (Å²) in [6.45, 7) is 1.36. The average Bonchev–Trinajstić information content (AvgIpc) is 2.80. The number of carbonyl (C=O) groups is 1. The van der Waals surface area contributed by atoms with Gasteiger partial charge in [0.15, 0.2) is 0 Å². The van der Waals surface area contributed by atoms with E-state index in [4.69, 9.17) is 0 Å². The second-order valence-electron chi connectivity index (χ2n) is 4.99. The van der Waals surface area contributed by atoms with Crippen LogP contribution in [-0.2, 0) is 24.2 Å². The van der Waals surface area contributed by atoms with Crippen molar-refractivity contribution in [3.63, 3.8) is 0 Å². The Balaban J connectivity index is 1.68. The molecule has 1 aliphatic heterocycles. The van der Waals surface area contributed by atoms with Gasteiger partial charge in [0.2, 0.25) is 5.91 Å². The molecule has 1 aliphatic rings. The van der Waals surface area contributed by atoms with Gasteiger partial charge in [0, 0.05) is 25.2 Å². The summed E-state index contributed by atoms with van der Waals surface area (Å²) in [7, 11) is 0. The van der Waals surface area contributed by atoms with Gasteiger partial charge in [0.05, 0.1) is 11.0 Å². The summed E-state index contributed by atoms with van der Waals surface area (Å²) < 4.78 is 13.8. The van der Waals surface area contributed by atoms with Crippen LogP contribution in [0.3, 0.4) is 0 Å². The maximum Gasteiger partial charge on any atom is 0.227 e. The van der Waals surface area contributed by atoms with E-state index in [9.17, 15) is 9.18 Å². The molecule has 1 amide bonds. The lowest BCUT2D eigenvalue weighted by Crippen LogP contribution is -2.36. The number of fused-ring (bicyclic) bond motifs is 1. The molecule has 0 radical (unpaired) electrons. The number of benzene rings is 1. The lowest BCUT2D eigenvalue weighted by atomic mass is 10.1. The lowest BCUT2D eigenvalue weighted by molar-refractivity contribution is -0.131. The van der Waals surface area contributed by atoms with E-state index in [1.165, 1.54) is 17.8 Å². The molecule has 0 saturated carbocycles. The first-order chi connectivity index (χ1) is 9.61. The molecule has 0 spiro atoms. The molecule has 0 fully saturated rings. The Labute approximate surface area is 124 Å². The predicted octanol–water partition coefficient (Wildman–Crippen LogP) is 3.04. The first kappa shape index (κ1) is 13.4. The summed E-state index contributed by atoms with van der Waals surface area (Å²) >= 11 is 3.42. The summed E-state index contributed by atoms with van der Waals surface area (Å²) in [5.41, 5.74) is 3.20. The molecular formula is C15H14BrFN2O. The number of H-pyrrole nitrogens is 1. The summed E-state index contributed by atoms with van der Waals surface area (Å²) in [6, 6.07) is 8.12. The highest BCUT2D eigenvalue weighted by atomic mass is 79.9. The molecule has 0 saturated heterocycles. The van der Waals surface area contributed by atoms with Gasteiger partial charge in [-0.3, -0.25) is 4.79 Å². The number of nitrogens with zero attached hydrogens (tertiary/aromatic N) is 1. The van der Waals surface area contributed by atoms with E-state index < -0.39 is 0 Å². The molecule has 3 nitrogen and oxygen atoms in total. The number of carbonyl (C=O) groups excluding carboxylic acids is 1. The van der Waals surface area contributed by atoms with E-state index >= 15 is 0 Å². The fraction of sp³-hybridized carbons (Fsp3) is 0.267. The van der Waals surface area contributed by atoms with E-state index in [-0.39, 0.29) is 11.7 Å².